The molecule has 1 fully saturated rings. The summed E-state index contributed by atoms with van der Waals surface area (Å²) < 4.78 is 5.25. The molecular formula is C27H25N3O4. The van der Waals surface area contributed by atoms with E-state index in [4.69, 9.17) is 4.42 Å². The molecule has 3 amide bonds. The quantitative estimate of drug-likeness (QED) is 0.595. The smallest absolute Gasteiger partial charge is 0.289 e. The molecule has 172 valence electrons. The van der Waals surface area contributed by atoms with Gasteiger partial charge in [0.25, 0.3) is 11.8 Å². The zero-order valence-corrected chi connectivity index (χ0v) is 18.7. The van der Waals surface area contributed by atoms with Crippen LogP contribution in [0.3, 0.4) is 0 Å². The van der Waals surface area contributed by atoms with E-state index in [1.54, 1.807) is 17.0 Å². The summed E-state index contributed by atoms with van der Waals surface area (Å²) >= 11 is 0. The Labute approximate surface area is 197 Å². The Bertz CT molecular complexity index is 1260. The van der Waals surface area contributed by atoms with E-state index in [1.807, 2.05) is 52.3 Å². The van der Waals surface area contributed by atoms with Gasteiger partial charge in [0, 0.05) is 38.3 Å². The Morgan fingerprint density at radius 1 is 0.794 bits per heavy atom. The highest BCUT2D eigenvalue weighted by Crippen LogP contribution is 2.46. The molecule has 1 aromatic heterocycles. The summed E-state index contributed by atoms with van der Waals surface area (Å²) in [5.41, 5.74) is 3.66. The summed E-state index contributed by atoms with van der Waals surface area (Å²) in [5, 5.41) is 0. The lowest BCUT2D eigenvalue weighted by Gasteiger charge is -2.47. The monoisotopic (exact) mass is 455 g/mol. The van der Waals surface area contributed by atoms with E-state index in [1.165, 1.54) is 11.8 Å². The van der Waals surface area contributed by atoms with Crippen LogP contribution in [-0.4, -0.2) is 65.1 Å². The fraction of sp³-hybridized carbons (Fsp3) is 0.296. The maximum atomic E-state index is 14.1. The average molecular weight is 456 g/mol. The Morgan fingerprint density at radius 3 is 2.26 bits per heavy atom. The summed E-state index contributed by atoms with van der Waals surface area (Å²) in [6.07, 6.45) is 2.28. The molecule has 2 aromatic carbocycles. The van der Waals surface area contributed by atoms with Crippen LogP contribution in [0.1, 0.15) is 49.6 Å². The van der Waals surface area contributed by atoms with Gasteiger partial charge in [0.15, 0.2) is 5.76 Å². The van der Waals surface area contributed by atoms with E-state index in [0.29, 0.717) is 44.0 Å². The normalized spacial score (nSPS) is 21.5. The van der Waals surface area contributed by atoms with Crippen LogP contribution in [0.2, 0.25) is 0 Å². The first-order valence-electron chi connectivity index (χ1n) is 11.7. The maximum absolute atomic E-state index is 14.1. The van der Waals surface area contributed by atoms with Crippen LogP contribution in [0.5, 0.6) is 0 Å². The van der Waals surface area contributed by atoms with Gasteiger partial charge in [-0.3, -0.25) is 14.4 Å². The van der Waals surface area contributed by atoms with Crippen molar-refractivity contribution in [1.82, 2.24) is 14.7 Å². The van der Waals surface area contributed by atoms with E-state index in [2.05, 4.69) is 6.07 Å². The Kier molecular flexibility index (Phi) is 4.98. The molecule has 3 aromatic rings. The van der Waals surface area contributed by atoms with Gasteiger partial charge in [-0.2, -0.15) is 0 Å². The molecule has 0 bridgehead atoms. The Balaban J connectivity index is 1.32. The Morgan fingerprint density at radius 2 is 1.50 bits per heavy atom. The SMILES string of the molecule is O=C(c1ccco1)N1CCN(C(=O)[C@@H]2c3ccccc3C(=O)N3CCc4ccccc4[C@@H]23)CC1. The van der Waals surface area contributed by atoms with Crippen LogP contribution < -0.4 is 0 Å². The lowest BCUT2D eigenvalue weighted by molar-refractivity contribution is -0.136. The first-order valence-corrected chi connectivity index (χ1v) is 11.7. The van der Waals surface area contributed by atoms with E-state index in [-0.39, 0.29) is 23.8 Å². The standard InChI is InChI=1S/C27H25N3O4/c31-25-21-9-4-3-8-20(21)23(24-19-7-2-1-6-18(19)11-12-30(24)25)27(33)29-15-13-28(14-16-29)26(32)22-10-5-17-34-22/h1-10,17,23-24H,11-16H2/t23-,24+/m1/s1. The number of carbonyl (C=O) groups is 3. The van der Waals surface area contributed by atoms with E-state index in [9.17, 15) is 14.4 Å². The van der Waals surface area contributed by atoms with Gasteiger partial charge in [0.2, 0.25) is 5.91 Å². The highest BCUT2D eigenvalue weighted by atomic mass is 16.3. The average Bonchev–Trinajstić information content (AvgIpc) is 3.43. The molecule has 0 saturated carbocycles. The zero-order valence-electron chi connectivity index (χ0n) is 18.7. The second-order valence-corrected chi connectivity index (χ2v) is 9.05. The fourth-order valence-electron chi connectivity index (χ4n) is 5.62. The second kappa shape index (κ2) is 8.17. The molecule has 6 rings (SSSR count). The summed E-state index contributed by atoms with van der Waals surface area (Å²) in [4.78, 5) is 45.5. The number of carbonyl (C=O) groups excluding carboxylic acids is 3. The predicted octanol–water partition coefficient (Wildman–Crippen LogP) is 3.10. The summed E-state index contributed by atoms with van der Waals surface area (Å²) in [7, 11) is 0. The maximum Gasteiger partial charge on any atom is 0.289 e. The molecule has 4 heterocycles. The van der Waals surface area contributed by atoms with Crippen molar-refractivity contribution in [2.75, 3.05) is 32.7 Å². The number of rotatable bonds is 2. The minimum atomic E-state index is -0.470. The predicted molar refractivity (Wildman–Crippen MR) is 124 cm³/mol. The number of furan rings is 1. The molecule has 7 nitrogen and oxygen atoms in total. The van der Waals surface area contributed by atoms with Crippen molar-refractivity contribution in [2.24, 2.45) is 0 Å². The van der Waals surface area contributed by atoms with Gasteiger partial charge in [-0.15, -0.1) is 0 Å². The number of amides is 3. The van der Waals surface area contributed by atoms with Crippen molar-refractivity contribution in [2.45, 2.75) is 18.4 Å². The molecule has 0 aliphatic carbocycles. The molecule has 0 N–H and O–H groups in total. The van der Waals surface area contributed by atoms with Crippen LogP contribution in [0, 0.1) is 0 Å². The van der Waals surface area contributed by atoms with Gasteiger partial charge in [-0.05, 0) is 41.3 Å². The molecule has 34 heavy (non-hydrogen) atoms. The van der Waals surface area contributed by atoms with E-state index < -0.39 is 5.92 Å². The number of benzene rings is 2. The molecule has 7 heteroatoms. The van der Waals surface area contributed by atoms with Crippen molar-refractivity contribution in [3.63, 3.8) is 0 Å². The minimum Gasteiger partial charge on any atom is -0.459 e. The molecule has 1 saturated heterocycles. The molecule has 0 radical (unpaired) electrons. The van der Waals surface area contributed by atoms with Gasteiger partial charge in [-0.25, -0.2) is 0 Å². The third-order valence-electron chi connectivity index (χ3n) is 7.31. The topological polar surface area (TPSA) is 74.1 Å². The number of hydrogen-bond acceptors (Lipinski definition) is 4. The minimum absolute atomic E-state index is 0.00647. The van der Waals surface area contributed by atoms with Gasteiger partial charge in [0.05, 0.1) is 18.2 Å². The molecule has 0 unspecified atom stereocenters. The number of hydrogen-bond donors (Lipinski definition) is 0. The number of piperazine rings is 1. The molecule has 3 aliphatic rings. The lowest BCUT2D eigenvalue weighted by atomic mass is 9.75. The van der Waals surface area contributed by atoms with Crippen molar-refractivity contribution in [1.29, 1.82) is 0 Å². The number of fused-ring (bicyclic) bond motifs is 4. The first kappa shape index (κ1) is 20.7. The molecule has 2 atom stereocenters. The van der Waals surface area contributed by atoms with Crippen LogP contribution >= 0.6 is 0 Å². The van der Waals surface area contributed by atoms with Gasteiger partial charge < -0.3 is 19.1 Å². The summed E-state index contributed by atoms with van der Waals surface area (Å²) in [6, 6.07) is 18.7. The lowest BCUT2D eigenvalue weighted by Crippen LogP contribution is -2.55. The summed E-state index contributed by atoms with van der Waals surface area (Å²) in [6.45, 7) is 2.40. The molecule has 0 spiro atoms. The fourth-order valence-corrected chi connectivity index (χ4v) is 5.62. The molecular weight excluding hydrogens is 430 g/mol. The third-order valence-corrected chi connectivity index (χ3v) is 7.31. The first-order chi connectivity index (χ1) is 16.6. The van der Waals surface area contributed by atoms with Crippen LogP contribution in [0.4, 0.5) is 0 Å². The van der Waals surface area contributed by atoms with E-state index in [0.717, 1.165) is 17.5 Å². The van der Waals surface area contributed by atoms with E-state index >= 15 is 0 Å². The van der Waals surface area contributed by atoms with Gasteiger partial charge in [0.1, 0.15) is 0 Å². The highest BCUT2D eigenvalue weighted by molar-refractivity contribution is 6.01. The molecule has 3 aliphatic heterocycles. The van der Waals surface area contributed by atoms with Gasteiger partial charge in [-0.1, -0.05) is 42.5 Å². The van der Waals surface area contributed by atoms with Crippen molar-refractivity contribution < 1.29 is 18.8 Å². The van der Waals surface area contributed by atoms with Crippen molar-refractivity contribution in [3.8, 4) is 0 Å². The Hall–Kier alpha value is -3.87. The highest BCUT2D eigenvalue weighted by Gasteiger charge is 2.47. The van der Waals surface area contributed by atoms with Crippen molar-refractivity contribution in [3.05, 3.63) is 94.9 Å². The van der Waals surface area contributed by atoms with Crippen LogP contribution in [0.15, 0.2) is 71.3 Å². The summed E-state index contributed by atoms with van der Waals surface area (Å²) in [5.74, 6) is -0.306. The second-order valence-electron chi connectivity index (χ2n) is 9.05. The third kappa shape index (κ3) is 3.22. The number of nitrogens with zero attached hydrogens (tertiary/aromatic N) is 3. The van der Waals surface area contributed by atoms with Crippen molar-refractivity contribution >= 4 is 17.7 Å². The van der Waals surface area contributed by atoms with Gasteiger partial charge >= 0.3 is 0 Å². The zero-order chi connectivity index (χ0) is 23.2. The largest absolute Gasteiger partial charge is 0.459 e. The van der Waals surface area contributed by atoms with Crippen LogP contribution in [0.25, 0.3) is 0 Å². The van der Waals surface area contributed by atoms with Crippen LogP contribution in [-0.2, 0) is 11.2 Å².